The van der Waals surface area contributed by atoms with E-state index in [4.69, 9.17) is 4.74 Å². The normalized spacial score (nSPS) is 10.4. The molecule has 0 aromatic heterocycles. The Morgan fingerprint density at radius 2 is 1.81 bits per heavy atom. The second-order valence-corrected chi connectivity index (χ2v) is 4.16. The summed E-state index contributed by atoms with van der Waals surface area (Å²) >= 11 is 0. The molecule has 0 spiro atoms. The fraction of sp³-hybridized carbons (Fsp3) is 0.500. The van der Waals surface area contributed by atoms with E-state index < -0.39 is 0 Å². The lowest BCUT2D eigenvalue weighted by Gasteiger charge is -2.04. The molecule has 0 saturated carbocycles. The third-order valence-electron chi connectivity index (χ3n) is 2.41. The molecule has 0 unspecified atom stereocenters. The van der Waals surface area contributed by atoms with Gasteiger partial charge < -0.3 is 4.74 Å². The van der Waals surface area contributed by atoms with Crippen LogP contribution in [0.15, 0.2) is 18.2 Å². The minimum Gasteiger partial charge on any atom is -0.381 e. The highest BCUT2D eigenvalue weighted by Crippen LogP contribution is 2.10. The molecule has 0 N–H and O–H groups in total. The van der Waals surface area contributed by atoms with E-state index in [-0.39, 0.29) is 5.78 Å². The second-order valence-electron chi connectivity index (χ2n) is 4.16. The molecule has 0 radical (unpaired) electrons. The first-order valence-electron chi connectivity index (χ1n) is 5.78. The fourth-order valence-electron chi connectivity index (χ4n) is 1.82. The lowest BCUT2D eigenvalue weighted by Crippen LogP contribution is -2.07. The van der Waals surface area contributed by atoms with Crippen molar-refractivity contribution in [1.82, 2.24) is 0 Å². The number of hydrogen-bond donors (Lipinski definition) is 0. The van der Waals surface area contributed by atoms with Crippen LogP contribution in [0.3, 0.4) is 0 Å². The molecule has 1 aromatic rings. The number of aryl methyl sites for hydroxylation is 2. The van der Waals surface area contributed by atoms with Crippen LogP contribution in [0.25, 0.3) is 0 Å². The van der Waals surface area contributed by atoms with Gasteiger partial charge in [-0.3, -0.25) is 4.79 Å². The molecule has 0 aliphatic rings. The number of hydrogen-bond acceptors (Lipinski definition) is 2. The van der Waals surface area contributed by atoms with Crippen molar-refractivity contribution in [3.8, 4) is 0 Å². The summed E-state index contributed by atoms with van der Waals surface area (Å²) in [7, 11) is 0. The first kappa shape index (κ1) is 12.9. The van der Waals surface area contributed by atoms with Gasteiger partial charge in [0.05, 0.1) is 6.61 Å². The van der Waals surface area contributed by atoms with E-state index in [9.17, 15) is 4.79 Å². The quantitative estimate of drug-likeness (QED) is 0.689. The number of carbonyl (C=O) groups is 1. The van der Waals surface area contributed by atoms with Gasteiger partial charge in [-0.2, -0.15) is 0 Å². The molecular weight excluding hydrogens is 200 g/mol. The summed E-state index contributed by atoms with van der Waals surface area (Å²) in [5.41, 5.74) is 3.54. The van der Waals surface area contributed by atoms with Crippen molar-refractivity contribution in [1.29, 1.82) is 0 Å². The van der Waals surface area contributed by atoms with Crippen LogP contribution in [0.4, 0.5) is 0 Å². The Balaban J connectivity index is 2.49. The van der Waals surface area contributed by atoms with Crippen molar-refractivity contribution in [2.24, 2.45) is 0 Å². The van der Waals surface area contributed by atoms with Gasteiger partial charge >= 0.3 is 0 Å². The standard InChI is InChI=1S/C14H20O2/c1-4-16-6-5-14(15)10-13-8-11(2)7-12(3)9-13/h7-9H,4-6,10H2,1-3H3. The van der Waals surface area contributed by atoms with Crippen LogP contribution in [0.1, 0.15) is 30.0 Å². The van der Waals surface area contributed by atoms with Crippen LogP contribution in [-0.4, -0.2) is 19.0 Å². The Hall–Kier alpha value is -1.15. The number of Topliss-reactive ketones (excluding diaryl/α,β-unsaturated/α-hetero) is 1. The molecule has 0 saturated heterocycles. The Morgan fingerprint density at radius 3 is 2.38 bits per heavy atom. The molecule has 88 valence electrons. The summed E-state index contributed by atoms with van der Waals surface area (Å²) in [5.74, 6) is 0.249. The number of ether oxygens (including phenoxy) is 1. The van der Waals surface area contributed by atoms with Crippen LogP contribution >= 0.6 is 0 Å². The number of ketones is 1. The molecule has 1 rings (SSSR count). The predicted molar refractivity (Wildman–Crippen MR) is 65.7 cm³/mol. The molecule has 16 heavy (non-hydrogen) atoms. The van der Waals surface area contributed by atoms with Gasteiger partial charge in [0.15, 0.2) is 0 Å². The van der Waals surface area contributed by atoms with Gasteiger partial charge in [-0.15, -0.1) is 0 Å². The van der Waals surface area contributed by atoms with E-state index in [0.717, 1.165) is 5.56 Å². The maximum absolute atomic E-state index is 11.6. The maximum Gasteiger partial charge on any atom is 0.139 e. The predicted octanol–water partition coefficient (Wildman–Crippen LogP) is 2.84. The summed E-state index contributed by atoms with van der Waals surface area (Å²) in [4.78, 5) is 11.6. The average molecular weight is 220 g/mol. The molecule has 0 aliphatic carbocycles. The SMILES string of the molecule is CCOCCC(=O)Cc1cc(C)cc(C)c1. The summed E-state index contributed by atoms with van der Waals surface area (Å²) in [6.45, 7) is 7.27. The van der Waals surface area contributed by atoms with E-state index >= 15 is 0 Å². The smallest absolute Gasteiger partial charge is 0.139 e. The van der Waals surface area contributed by atoms with Crippen LogP contribution in [0.2, 0.25) is 0 Å². The third-order valence-corrected chi connectivity index (χ3v) is 2.41. The van der Waals surface area contributed by atoms with Crippen molar-refractivity contribution in [3.63, 3.8) is 0 Å². The largest absolute Gasteiger partial charge is 0.381 e. The van der Waals surface area contributed by atoms with Gasteiger partial charge in [-0.05, 0) is 26.3 Å². The Kier molecular flexibility index (Phi) is 5.20. The number of carbonyl (C=O) groups excluding carboxylic acids is 1. The second kappa shape index (κ2) is 6.44. The van der Waals surface area contributed by atoms with Gasteiger partial charge in [0.1, 0.15) is 5.78 Å². The summed E-state index contributed by atoms with van der Waals surface area (Å²) in [6.07, 6.45) is 1.04. The molecule has 0 fully saturated rings. The maximum atomic E-state index is 11.6. The van der Waals surface area contributed by atoms with Gasteiger partial charge in [0.25, 0.3) is 0 Å². The monoisotopic (exact) mass is 220 g/mol. The first-order chi connectivity index (χ1) is 7.61. The van der Waals surface area contributed by atoms with Crippen molar-refractivity contribution in [2.75, 3.05) is 13.2 Å². The van der Waals surface area contributed by atoms with Gasteiger partial charge in [-0.1, -0.05) is 29.3 Å². The molecule has 0 amide bonds. The van der Waals surface area contributed by atoms with E-state index in [2.05, 4.69) is 32.0 Å². The van der Waals surface area contributed by atoms with Gasteiger partial charge in [0, 0.05) is 19.4 Å². The van der Waals surface area contributed by atoms with Gasteiger partial charge in [-0.25, -0.2) is 0 Å². The van der Waals surface area contributed by atoms with Crippen LogP contribution in [0.5, 0.6) is 0 Å². The van der Waals surface area contributed by atoms with E-state index in [1.807, 2.05) is 6.92 Å². The lowest BCUT2D eigenvalue weighted by molar-refractivity contribution is -0.119. The zero-order chi connectivity index (χ0) is 12.0. The molecule has 0 atom stereocenters. The van der Waals surface area contributed by atoms with Crippen LogP contribution < -0.4 is 0 Å². The summed E-state index contributed by atoms with van der Waals surface area (Å²) in [5, 5.41) is 0. The van der Waals surface area contributed by atoms with Crippen molar-refractivity contribution in [3.05, 3.63) is 34.9 Å². The molecule has 2 heteroatoms. The molecule has 0 aliphatic heterocycles. The highest BCUT2D eigenvalue weighted by atomic mass is 16.5. The van der Waals surface area contributed by atoms with Crippen molar-refractivity contribution >= 4 is 5.78 Å². The van der Waals surface area contributed by atoms with Crippen LogP contribution in [0, 0.1) is 13.8 Å². The minimum atomic E-state index is 0.249. The first-order valence-corrected chi connectivity index (χ1v) is 5.78. The summed E-state index contributed by atoms with van der Waals surface area (Å²) in [6, 6.07) is 6.27. The molecule has 2 nitrogen and oxygen atoms in total. The highest BCUT2D eigenvalue weighted by molar-refractivity contribution is 5.81. The van der Waals surface area contributed by atoms with Gasteiger partial charge in [0.2, 0.25) is 0 Å². The highest BCUT2D eigenvalue weighted by Gasteiger charge is 2.04. The zero-order valence-corrected chi connectivity index (χ0v) is 10.4. The lowest BCUT2D eigenvalue weighted by atomic mass is 10.0. The average Bonchev–Trinajstić information content (AvgIpc) is 2.16. The van der Waals surface area contributed by atoms with E-state index in [1.165, 1.54) is 11.1 Å². The van der Waals surface area contributed by atoms with Crippen molar-refractivity contribution in [2.45, 2.75) is 33.6 Å². The molecular formula is C14H20O2. The minimum absolute atomic E-state index is 0.249. The van der Waals surface area contributed by atoms with E-state index in [1.54, 1.807) is 0 Å². The Bertz CT molecular complexity index is 336. The molecule has 1 aromatic carbocycles. The zero-order valence-electron chi connectivity index (χ0n) is 10.4. The van der Waals surface area contributed by atoms with Crippen LogP contribution in [-0.2, 0) is 16.0 Å². The molecule has 0 bridgehead atoms. The third kappa shape index (κ3) is 4.58. The number of benzene rings is 1. The summed E-state index contributed by atoms with van der Waals surface area (Å²) < 4.78 is 5.17. The van der Waals surface area contributed by atoms with Crippen molar-refractivity contribution < 1.29 is 9.53 Å². The number of rotatable bonds is 6. The Labute approximate surface area is 97.6 Å². The fourth-order valence-corrected chi connectivity index (χ4v) is 1.82. The Morgan fingerprint density at radius 1 is 1.19 bits per heavy atom. The molecule has 0 heterocycles. The van der Waals surface area contributed by atoms with E-state index in [0.29, 0.717) is 26.1 Å². The topological polar surface area (TPSA) is 26.3 Å².